The van der Waals surface area contributed by atoms with Gasteiger partial charge in [0.1, 0.15) is 17.9 Å². The first kappa shape index (κ1) is 15.7. The van der Waals surface area contributed by atoms with Gasteiger partial charge in [-0.1, -0.05) is 12.1 Å². The summed E-state index contributed by atoms with van der Waals surface area (Å²) >= 11 is 0. The molecule has 0 atom stereocenters. The molecule has 1 heterocycles. The summed E-state index contributed by atoms with van der Waals surface area (Å²) in [7, 11) is 1.61. The van der Waals surface area contributed by atoms with Gasteiger partial charge in [-0.3, -0.25) is 4.79 Å². The molecule has 6 nitrogen and oxygen atoms in total. The van der Waals surface area contributed by atoms with Crippen LogP contribution in [-0.2, 0) is 4.79 Å². The smallest absolute Gasteiger partial charge is 0.226 e. The molecule has 1 amide bonds. The molecule has 0 unspecified atom stereocenters. The lowest BCUT2D eigenvalue weighted by atomic mass is 10.2. The summed E-state index contributed by atoms with van der Waals surface area (Å²) in [6.07, 6.45) is 1.85. The number of fused-ring (bicyclic) bond motifs is 1. The van der Waals surface area contributed by atoms with E-state index in [2.05, 4.69) is 20.6 Å². The SMILES string of the molecule is COc1ccc(NC(=O)CCNc2ncnc3ccccc23)cc1. The Kier molecular flexibility index (Phi) is 4.86. The fourth-order valence-electron chi connectivity index (χ4n) is 2.34. The summed E-state index contributed by atoms with van der Waals surface area (Å²) < 4.78 is 5.09. The van der Waals surface area contributed by atoms with Crippen molar-refractivity contribution in [3.63, 3.8) is 0 Å². The molecule has 0 radical (unpaired) electrons. The topological polar surface area (TPSA) is 76.1 Å². The van der Waals surface area contributed by atoms with Gasteiger partial charge in [0, 0.05) is 24.0 Å². The zero-order chi connectivity index (χ0) is 16.8. The summed E-state index contributed by atoms with van der Waals surface area (Å²) in [4.78, 5) is 20.5. The first-order valence-electron chi connectivity index (χ1n) is 7.64. The van der Waals surface area contributed by atoms with Crippen molar-refractivity contribution in [2.24, 2.45) is 0 Å². The molecular formula is C18H18N4O2. The number of aromatic nitrogens is 2. The molecule has 0 spiro atoms. The van der Waals surface area contributed by atoms with Gasteiger partial charge in [0.05, 0.1) is 12.6 Å². The van der Waals surface area contributed by atoms with Gasteiger partial charge in [-0.2, -0.15) is 0 Å². The van der Waals surface area contributed by atoms with Gasteiger partial charge in [-0.05, 0) is 36.4 Å². The van der Waals surface area contributed by atoms with Gasteiger partial charge in [0.2, 0.25) is 5.91 Å². The van der Waals surface area contributed by atoms with E-state index in [9.17, 15) is 4.79 Å². The Hall–Kier alpha value is -3.15. The molecule has 6 heteroatoms. The number of hydrogen-bond acceptors (Lipinski definition) is 5. The number of amides is 1. The van der Waals surface area contributed by atoms with Crippen molar-refractivity contribution in [2.45, 2.75) is 6.42 Å². The van der Waals surface area contributed by atoms with E-state index >= 15 is 0 Å². The van der Waals surface area contributed by atoms with Crippen LogP contribution >= 0.6 is 0 Å². The zero-order valence-corrected chi connectivity index (χ0v) is 13.3. The number of carbonyl (C=O) groups is 1. The number of rotatable bonds is 6. The molecule has 2 N–H and O–H groups in total. The molecule has 0 aliphatic carbocycles. The highest BCUT2D eigenvalue weighted by molar-refractivity contribution is 5.92. The lowest BCUT2D eigenvalue weighted by molar-refractivity contribution is -0.115. The Balaban J connectivity index is 1.54. The predicted molar refractivity (Wildman–Crippen MR) is 94.3 cm³/mol. The molecular weight excluding hydrogens is 304 g/mol. The van der Waals surface area contributed by atoms with Crippen LogP contribution in [-0.4, -0.2) is 29.5 Å². The van der Waals surface area contributed by atoms with E-state index in [0.29, 0.717) is 13.0 Å². The van der Waals surface area contributed by atoms with Crippen LogP contribution in [0.3, 0.4) is 0 Å². The van der Waals surface area contributed by atoms with Crippen molar-refractivity contribution >= 4 is 28.3 Å². The third-order valence-electron chi connectivity index (χ3n) is 3.56. The second kappa shape index (κ2) is 7.41. The van der Waals surface area contributed by atoms with E-state index in [-0.39, 0.29) is 5.91 Å². The highest BCUT2D eigenvalue weighted by Crippen LogP contribution is 2.18. The van der Waals surface area contributed by atoms with Crippen LogP contribution in [0, 0.1) is 0 Å². The molecule has 0 fully saturated rings. The zero-order valence-electron chi connectivity index (χ0n) is 13.3. The number of carbonyl (C=O) groups excluding carboxylic acids is 1. The molecule has 1 aromatic heterocycles. The third-order valence-corrected chi connectivity index (χ3v) is 3.56. The lowest BCUT2D eigenvalue weighted by Crippen LogP contribution is -2.16. The number of methoxy groups -OCH3 is 1. The van der Waals surface area contributed by atoms with Crippen molar-refractivity contribution in [3.05, 3.63) is 54.9 Å². The molecule has 0 saturated carbocycles. The van der Waals surface area contributed by atoms with Crippen molar-refractivity contribution in [3.8, 4) is 5.75 Å². The molecule has 0 aliphatic heterocycles. The first-order chi connectivity index (χ1) is 11.8. The number of nitrogens with zero attached hydrogens (tertiary/aromatic N) is 2. The minimum atomic E-state index is -0.0639. The number of benzene rings is 2. The second-order valence-electron chi connectivity index (χ2n) is 5.19. The molecule has 0 saturated heterocycles. The summed E-state index contributed by atoms with van der Waals surface area (Å²) in [6, 6.07) is 15.0. The van der Waals surface area contributed by atoms with E-state index in [0.717, 1.165) is 28.2 Å². The van der Waals surface area contributed by atoms with Gasteiger partial charge >= 0.3 is 0 Å². The van der Waals surface area contributed by atoms with Crippen molar-refractivity contribution in [1.29, 1.82) is 0 Å². The minimum absolute atomic E-state index is 0.0639. The maximum Gasteiger partial charge on any atom is 0.226 e. The van der Waals surface area contributed by atoms with E-state index in [1.807, 2.05) is 36.4 Å². The van der Waals surface area contributed by atoms with Gasteiger partial charge in [-0.25, -0.2) is 9.97 Å². The molecule has 24 heavy (non-hydrogen) atoms. The monoisotopic (exact) mass is 322 g/mol. The molecule has 2 aromatic carbocycles. The average molecular weight is 322 g/mol. The maximum absolute atomic E-state index is 12.0. The van der Waals surface area contributed by atoms with Crippen LogP contribution in [0.2, 0.25) is 0 Å². The van der Waals surface area contributed by atoms with Crippen molar-refractivity contribution < 1.29 is 9.53 Å². The number of anilines is 2. The number of ether oxygens (including phenoxy) is 1. The second-order valence-corrected chi connectivity index (χ2v) is 5.19. The summed E-state index contributed by atoms with van der Waals surface area (Å²) in [6.45, 7) is 0.489. The fraction of sp³-hybridized carbons (Fsp3) is 0.167. The normalized spacial score (nSPS) is 10.4. The van der Waals surface area contributed by atoms with Crippen molar-refractivity contribution in [1.82, 2.24) is 9.97 Å². The summed E-state index contributed by atoms with van der Waals surface area (Å²) in [5.74, 6) is 1.43. The Bertz CT molecular complexity index is 829. The largest absolute Gasteiger partial charge is 0.497 e. The fourth-order valence-corrected chi connectivity index (χ4v) is 2.34. The summed E-state index contributed by atoms with van der Waals surface area (Å²) in [5.41, 5.74) is 1.62. The quantitative estimate of drug-likeness (QED) is 0.729. The Morgan fingerprint density at radius 3 is 2.67 bits per heavy atom. The summed E-state index contributed by atoms with van der Waals surface area (Å²) in [5, 5.41) is 6.98. The Morgan fingerprint density at radius 1 is 1.08 bits per heavy atom. The van der Waals surface area contributed by atoms with Crippen LogP contribution in [0.25, 0.3) is 10.9 Å². The van der Waals surface area contributed by atoms with Gasteiger partial charge in [-0.15, -0.1) is 0 Å². The predicted octanol–water partition coefficient (Wildman–Crippen LogP) is 3.08. The first-order valence-corrected chi connectivity index (χ1v) is 7.64. The van der Waals surface area contributed by atoms with Gasteiger partial charge < -0.3 is 15.4 Å². The molecule has 3 aromatic rings. The molecule has 0 aliphatic rings. The Morgan fingerprint density at radius 2 is 1.88 bits per heavy atom. The number of hydrogen-bond donors (Lipinski definition) is 2. The minimum Gasteiger partial charge on any atom is -0.497 e. The van der Waals surface area contributed by atoms with Gasteiger partial charge in [0.25, 0.3) is 0 Å². The van der Waals surface area contributed by atoms with E-state index < -0.39 is 0 Å². The Labute approximate surface area is 139 Å². The van der Waals surface area contributed by atoms with Crippen LogP contribution < -0.4 is 15.4 Å². The van der Waals surface area contributed by atoms with Crippen LogP contribution in [0.1, 0.15) is 6.42 Å². The standard InChI is InChI=1S/C18H18N4O2/c1-24-14-8-6-13(7-9-14)22-17(23)10-11-19-18-15-4-2-3-5-16(15)20-12-21-18/h2-9,12H,10-11H2,1H3,(H,22,23)(H,19,20,21). The van der Waals surface area contributed by atoms with E-state index in [1.165, 1.54) is 6.33 Å². The van der Waals surface area contributed by atoms with Crippen molar-refractivity contribution in [2.75, 3.05) is 24.3 Å². The molecule has 122 valence electrons. The van der Waals surface area contributed by atoms with E-state index in [1.54, 1.807) is 19.2 Å². The van der Waals surface area contributed by atoms with Crippen LogP contribution in [0.4, 0.5) is 11.5 Å². The number of para-hydroxylation sites is 1. The highest BCUT2D eigenvalue weighted by Gasteiger charge is 2.05. The average Bonchev–Trinajstić information content (AvgIpc) is 2.62. The van der Waals surface area contributed by atoms with Crippen LogP contribution in [0.15, 0.2) is 54.9 Å². The molecule has 0 bridgehead atoms. The maximum atomic E-state index is 12.0. The van der Waals surface area contributed by atoms with Crippen LogP contribution in [0.5, 0.6) is 5.75 Å². The lowest BCUT2D eigenvalue weighted by Gasteiger charge is -2.09. The number of nitrogens with one attached hydrogen (secondary N) is 2. The molecule has 3 rings (SSSR count). The third kappa shape index (κ3) is 3.78. The van der Waals surface area contributed by atoms with Gasteiger partial charge in [0.15, 0.2) is 0 Å². The van der Waals surface area contributed by atoms with E-state index in [4.69, 9.17) is 4.74 Å². The highest BCUT2D eigenvalue weighted by atomic mass is 16.5.